The molecule has 0 aliphatic heterocycles. The molecule has 3 aromatic rings. The van der Waals surface area contributed by atoms with Crippen molar-refractivity contribution in [2.75, 3.05) is 13.2 Å². The first-order chi connectivity index (χ1) is 19.3. The van der Waals surface area contributed by atoms with Gasteiger partial charge in [-0.3, -0.25) is 0 Å². The van der Waals surface area contributed by atoms with Crippen molar-refractivity contribution >= 4 is 0 Å². The van der Waals surface area contributed by atoms with Crippen LogP contribution in [0.3, 0.4) is 0 Å². The fraction of sp³-hybridized carbons (Fsp3) is 0.438. The van der Waals surface area contributed by atoms with E-state index in [9.17, 15) is 17.6 Å². The van der Waals surface area contributed by atoms with E-state index in [4.69, 9.17) is 9.47 Å². The quantitative estimate of drug-likeness (QED) is 0.170. The SMILES string of the molecule is CCCCCCOc1ccc(C2CCC(c3ccc(-c4ccc(OCC)c(F)c4F)c(F)c3F)CC2)c(F)c1F. The first kappa shape index (κ1) is 29.8. The highest BCUT2D eigenvalue weighted by Crippen LogP contribution is 2.44. The average Bonchev–Trinajstić information content (AvgIpc) is 2.96. The Morgan fingerprint density at radius 3 is 1.62 bits per heavy atom. The lowest BCUT2D eigenvalue weighted by atomic mass is 9.75. The summed E-state index contributed by atoms with van der Waals surface area (Å²) in [4.78, 5) is 0. The molecular weight excluding hydrogens is 530 g/mol. The molecule has 1 fully saturated rings. The van der Waals surface area contributed by atoms with Gasteiger partial charge in [0.2, 0.25) is 11.6 Å². The van der Waals surface area contributed by atoms with Crippen molar-refractivity contribution in [3.05, 3.63) is 82.4 Å². The van der Waals surface area contributed by atoms with Gasteiger partial charge in [-0.2, -0.15) is 8.78 Å². The van der Waals surface area contributed by atoms with Gasteiger partial charge in [-0.1, -0.05) is 44.4 Å². The topological polar surface area (TPSA) is 18.5 Å². The largest absolute Gasteiger partial charge is 0.491 e. The van der Waals surface area contributed by atoms with Crippen LogP contribution in [0.25, 0.3) is 11.1 Å². The summed E-state index contributed by atoms with van der Waals surface area (Å²) in [6, 6.07) is 7.97. The van der Waals surface area contributed by atoms with E-state index in [2.05, 4.69) is 6.92 Å². The van der Waals surface area contributed by atoms with Gasteiger partial charge in [0.25, 0.3) is 0 Å². The normalized spacial score (nSPS) is 17.2. The Morgan fingerprint density at radius 1 is 0.550 bits per heavy atom. The third-order valence-electron chi connectivity index (χ3n) is 7.69. The molecule has 0 aromatic heterocycles. The fourth-order valence-electron chi connectivity index (χ4n) is 5.49. The fourth-order valence-corrected chi connectivity index (χ4v) is 5.49. The van der Waals surface area contributed by atoms with E-state index < -0.39 is 40.5 Å². The molecule has 1 aliphatic carbocycles. The second kappa shape index (κ2) is 13.5. The maximum atomic E-state index is 15.2. The van der Waals surface area contributed by atoms with Crippen molar-refractivity contribution < 1.29 is 35.8 Å². The second-order valence-electron chi connectivity index (χ2n) is 10.2. The summed E-state index contributed by atoms with van der Waals surface area (Å²) in [7, 11) is 0. The Hall–Kier alpha value is -3.16. The molecule has 0 atom stereocenters. The Labute approximate surface area is 231 Å². The first-order valence-corrected chi connectivity index (χ1v) is 14.0. The zero-order valence-electron chi connectivity index (χ0n) is 22.8. The summed E-state index contributed by atoms with van der Waals surface area (Å²) in [6.07, 6.45) is 5.64. The lowest BCUT2D eigenvalue weighted by molar-refractivity contribution is 0.283. The summed E-state index contributed by atoms with van der Waals surface area (Å²) < 4.78 is 99.2. The summed E-state index contributed by atoms with van der Waals surface area (Å²) in [6.45, 7) is 4.14. The molecule has 0 unspecified atom stereocenters. The third kappa shape index (κ3) is 6.26. The predicted octanol–water partition coefficient (Wildman–Crippen LogP) is 9.99. The van der Waals surface area contributed by atoms with Crippen molar-refractivity contribution in [3.63, 3.8) is 0 Å². The van der Waals surface area contributed by atoms with E-state index in [0.29, 0.717) is 32.3 Å². The standard InChI is InChI=1S/C32H34F6O2/c1-3-5-6-7-18-40-26-16-14-22(28(34)32(26)38)20-10-8-19(9-11-20)21-12-13-23(29(35)27(21)33)24-15-17-25(39-4-2)31(37)30(24)36/h12-17,19-20H,3-11,18H2,1-2H3. The molecule has 0 radical (unpaired) electrons. The summed E-state index contributed by atoms with van der Waals surface area (Å²) >= 11 is 0. The van der Waals surface area contributed by atoms with Crippen LogP contribution in [0.1, 0.15) is 88.2 Å². The van der Waals surface area contributed by atoms with Gasteiger partial charge in [-0.15, -0.1) is 0 Å². The van der Waals surface area contributed by atoms with Gasteiger partial charge in [0.15, 0.2) is 34.8 Å². The van der Waals surface area contributed by atoms with E-state index >= 15 is 8.78 Å². The molecule has 1 aliphatic rings. The Morgan fingerprint density at radius 2 is 1.02 bits per heavy atom. The minimum absolute atomic E-state index is 0.104. The average molecular weight is 565 g/mol. The Kier molecular flexibility index (Phi) is 10.0. The van der Waals surface area contributed by atoms with Crippen molar-refractivity contribution in [1.29, 1.82) is 0 Å². The van der Waals surface area contributed by atoms with Gasteiger partial charge >= 0.3 is 0 Å². The van der Waals surface area contributed by atoms with Crippen molar-refractivity contribution in [3.8, 4) is 22.6 Å². The number of hydrogen-bond donors (Lipinski definition) is 0. The maximum absolute atomic E-state index is 15.2. The molecule has 0 N–H and O–H groups in total. The van der Waals surface area contributed by atoms with E-state index in [-0.39, 0.29) is 46.6 Å². The van der Waals surface area contributed by atoms with E-state index in [1.165, 1.54) is 24.3 Å². The van der Waals surface area contributed by atoms with Crippen molar-refractivity contribution in [2.45, 2.75) is 77.0 Å². The number of ether oxygens (including phenoxy) is 2. The molecule has 1 saturated carbocycles. The van der Waals surface area contributed by atoms with Crippen molar-refractivity contribution in [2.24, 2.45) is 0 Å². The van der Waals surface area contributed by atoms with Crippen LogP contribution in [0.2, 0.25) is 0 Å². The lowest BCUT2D eigenvalue weighted by Gasteiger charge is -2.30. The number of benzene rings is 3. The van der Waals surface area contributed by atoms with Crippen LogP contribution in [0.15, 0.2) is 36.4 Å². The number of rotatable bonds is 11. The molecule has 0 spiro atoms. The van der Waals surface area contributed by atoms with Gasteiger partial charge in [-0.05, 0) is 80.2 Å². The smallest absolute Gasteiger partial charge is 0.201 e. The van der Waals surface area contributed by atoms with Gasteiger partial charge in [0.05, 0.1) is 13.2 Å². The molecule has 0 bridgehead atoms. The number of halogens is 6. The predicted molar refractivity (Wildman–Crippen MR) is 143 cm³/mol. The van der Waals surface area contributed by atoms with E-state index in [1.54, 1.807) is 13.0 Å². The Balaban J connectivity index is 1.44. The molecule has 40 heavy (non-hydrogen) atoms. The molecule has 0 heterocycles. The summed E-state index contributed by atoms with van der Waals surface area (Å²) in [5.74, 6) is -7.92. The van der Waals surface area contributed by atoms with E-state index in [1.807, 2.05) is 0 Å². The molecule has 2 nitrogen and oxygen atoms in total. The first-order valence-electron chi connectivity index (χ1n) is 14.0. The van der Waals surface area contributed by atoms with Gasteiger partial charge in [0.1, 0.15) is 0 Å². The minimum Gasteiger partial charge on any atom is -0.491 e. The van der Waals surface area contributed by atoms with Gasteiger partial charge < -0.3 is 9.47 Å². The minimum atomic E-state index is -1.32. The van der Waals surface area contributed by atoms with Crippen LogP contribution in [0.5, 0.6) is 11.5 Å². The summed E-state index contributed by atoms with van der Waals surface area (Å²) in [5.41, 5.74) is -0.410. The van der Waals surface area contributed by atoms with Gasteiger partial charge in [0, 0.05) is 11.1 Å². The second-order valence-corrected chi connectivity index (χ2v) is 10.2. The zero-order valence-corrected chi connectivity index (χ0v) is 22.8. The summed E-state index contributed by atoms with van der Waals surface area (Å²) in [5, 5.41) is 0. The molecule has 216 valence electrons. The molecule has 4 rings (SSSR count). The zero-order chi connectivity index (χ0) is 28.8. The molecular formula is C32H34F6O2. The maximum Gasteiger partial charge on any atom is 0.201 e. The van der Waals surface area contributed by atoms with Crippen molar-refractivity contribution in [1.82, 2.24) is 0 Å². The highest BCUT2D eigenvalue weighted by atomic mass is 19.2. The van der Waals surface area contributed by atoms with Crippen LogP contribution in [0, 0.1) is 34.9 Å². The lowest BCUT2D eigenvalue weighted by Crippen LogP contribution is -2.15. The van der Waals surface area contributed by atoms with Crippen LogP contribution in [-0.2, 0) is 0 Å². The molecule has 3 aromatic carbocycles. The highest BCUT2D eigenvalue weighted by molar-refractivity contribution is 5.66. The molecule has 0 amide bonds. The third-order valence-corrected chi connectivity index (χ3v) is 7.69. The van der Waals surface area contributed by atoms with Crippen LogP contribution < -0.4 is 9.47 Å². The number of unbranched alkanes of at least 4 members (excludes halogenated alkanes) is 3. The van der Waals surface area contributed by atoms with E-state index in [0.717, 1.165) is 31.7 Å². The molecule has 0 saturated heterocycles. The monoisotopic (exact) mass is 564 g/mol. The molecule has 8 heteroatoms. The Bertz CT molecular complexity index is 1320. The van der Waals surface area contributed by atoms with Crippen LogP contribution in [-0.4, -0.2) is 13.2 Å². The van der Waals surface area contributed by atoms with Crippen LogP contribution in [0.4, 0.5) is 26.3 Å². The number of hydrogen-bond acceptors (Lipinski definition) is 2. The van der Waals surface area contributed by atoms with Gasteiger partial charge in [-0.25, -0.2) is 17.6 Å². The highest BCUT2D eigenvalue weighted by Gasteiger charge is 2.30. The van der Waals surface area contributed by atoms with Crippen LogP contribution >= 0.6 is 0 Å².